The Hall–Kier alpha value is -0.930. The van der Waals surface area contributed by atoms with Crippen molar-refractivity contribution in [1.29, 1.82) is 0 Å². The number of piperidine rings is 1. The van der Waals surface area contributed by atoms with Gasteiger partial charge in [-0.25, -0.2) is 4.39 Å². The molecule has 1 aromatic carbocycles. The zero-order valence-electron chi connectivity index (χ0n) is 8.75. The molecule has 2 nitrogen and oxygen atoms in total. The van der Waals surface area contributed by atoms with Gasteiger partial charge in [0, 0.05) is 6.04 Å². The van der Waals surface area contributed by atoms with E-state index in [0.717, 1.165) is 31.5 Å². The average Bonchev–Trinajstić information content (AvgIpc) is 2.29. The summed E-state index contributed by atoms with van der Waals surface area (Å²) < 4.78 is 13.0. The summed E-state index contributed by atoms with van der Waals surface area (Å²) in [6.45, 7) is 2.04. The van der Waals surface area contributed by atoms with Gasteiger partial charge < -0.3 is 11.1 Å². The van der Waals surface area contributed by atoms with Crippen molar-refractivity contribution in [2.75, 3.05) is 13.1 Å². The summed E-state index contributed by atoms with van der Waals surface area (Å²) in [5.41, 5.74) is 7.06. The van der Waals surface area contributed by atoms with Crippen molar-refractivity contribution in [1.82, 2.24) is 5.32 Å². The average molecular weight is 208 g/mol. The van der Waals surface area contributed by atoms with Crippen molar-refractivity contribution in [3.63, 3.8) is 0 Å². The van der Waals surface area contributed by atoms with Gasteiger partial charge in [-0.1, -0.05) is 12.1 Å². The minimum atomic E-state index is -0.197. The minimum Gasteiger partial charge on any atom is -0.324 e. The zero-order valence-corrected chi connectivity index (χ0v) is 8.75. The van der Waals surface area contributed by atoms with Gasteiger partial charge in [-0.3, -0.25) is 0 Å². The molecule has 1 saturated heterocycles. The van der Waals surface area contributed by atoms with Crippen LogP contribution in [0.25, 0.3) is 0 Å². The molecule has 82 valence electrons. The van der Waals surface area contributed by atoms with Crippen molar-refractivity contribution < 1.29 is 4.39 Å². The number of rotatable bonds is 2. The molecule has 15 heavy (non-hydrogen) atoms. The molecule has 1 atom stereocenters. The van der Waals surface area contributed by atoms with Gasteiger partial charge in [0.2, 0.25) is 0 Å². The highest BCUT2D eigenvalue weighted by Gasteiger charge is 2.21. The molecule has 3 heteroatoms. The fraction of sp³-hybridized carbons (Fsp3) is 0.500. The summed E-state index contributed by atoms with van der Waals surface area (Å²) in [7, 11) is 0. The van der Waals surface area contributed by atoms with Gasteiger partial charge in [-0.05, 0) is 49.5 Å². The SMILES string of the molecule is NC(c1cccc(F)c1)C1CCNCC1. The molecule has 2 rings (SSSR count). The van der Waals surface area contributed by atoms with Gasteiger partial charge in [-0.15, -0.1) is 0 Å². The molecule has 0 radical (unpaired) electrons. The third-order valence-corrected chi connectivity index (χ3v) is 3.13. The van der Waals surface area contributed by atoms with Crippen molar-refractivity contribution in [3.05, 3.63) is 35.6 Å². The van der Waals surface area contributed by atoms with Gasteiger partial charge in [0.25, 0.3) is 0 Å². The first kappa shape index (κ1) is 10.6. The van der Waals surface area contributed by atoms with E-state index >= 15 is 0 Å². The lowest BCUT2D eigenvalue weighted by Gasteiger charge is -2.28. The summed E-state index contributed by atoms with van der Waals surface area (Å²) in [6, 6.07) is 6.62. The van der Waals surface area contributed by atoms with Crippen LogP contribution in [0.4, 0.5) is 4.39 Å². The van der Waals surface area contributed by atoms with E-state index in [1.807, 2.05) is 6.07 Å². The Morgan fingerprint density at radius 1 is 1.33 bits per heavy atom. The van der Waals surface area contributed by atoms with E-state index in [1.54, 1.807) is 12.1 Å². The van der Waals surface area contributed by atoms with Crippen molar-refractivity contribution in [2.24, 2.45) is 11.7 Å². The molecular weight excluding hydrogens is 191 g/mol. The Balaban J connectivity index is 2.08. The molecule has 1 fully saturated rings. The van der Waals surface area contributed by atoms with Crippen molar-refractivity contribution in [3.8, 4) is 0 Å². The summed E-state index contributed by atoms with van der Waals surface area (Å²) >= 11 is 0. The van der Waals surface area contributed by atoms with E-state index in [-0.39, 0.29) is 11.9 Å². The first-order valence-electron chi connectivity index (χ1n) is 5.49. The van der Waals surface area contributed by atoms with E-state index < -0.39 is 0 Å². The van der Waals surface area contributed by atoms with Gasteiger partial charge in [0.05, 0.1) is 0 Å². The van der Waals surface area contributed by atoms with Crippen molar-refractivity contribution >= 4 is 0 Å². The molecular formula is C12H17FN2. The first-order chi connectivity index (χ1) is 7.27. The molecule has 1 heterocycles. The number of nitrogens with two attached hydrogens (primary N) is 1. The molecule has 0 bridgehead atoms. The molecule has 0 saturated carbocycles. The number of halogens is 1. The first-order valence-corrected chi connectivity index (χ1v) is 5.49. The predicted octanol–water partition coefficient (Wildman–Crippen LogP) is 1.83. The Labute approximate surface area is 89.7 Å². The molecule has 1 aromatic rings. The molecule has 1 unspecified atom stereocenters. The summed E-state index contributed by atoms with van der Waals surface area (Å²) in [6.07, 6.45) is 2.16. The highest BCUT2D eigenvalue weighted by Crippen LogP contribution is 2.26. The fourth-order valence-corrected chi connectivity index (χ4v) is 2.19. The molecule has 1 aliphatic heterocycles. The number of benzene rings is 1. The molecule has 0 amide bonds. The summed E-state index contributed by atoms with van der Waals surface area (Å²) in [5, 5.41) is 3.30. The third-order valence-electron chi connectivity index (χ3n) is 3.13. The molecule has 0 aromatic heterocycles. The Bertz CT molecular complexity index is 321. The van der Waals surface area contributed by atoms with Crippen LogP contribution in [0.15, 0.2) is 24.3 Å². The van der Waals surface area contributed by atoms with Gasteiger partial charge >= 0.3 is 0 Å². The van der Waals surface area contributed by atoms with Gasteiger partial charge in [0.15, 0.2) is 0 Å². The maximum absolute atomic E-state index is 13.0. The molecule has 3 N–H and O–H groups in total. The van der Waals surface area contributed by atoms with Crippen LogP contribution in [0, 0.1) is 11.7 Å². The third kappa shape index (κ3) is 2.55. The Morgan fingerprint density at radius 2 is 2.07 bits per heavy atom. The second-order valence-electron chi connectivity index (χ2n) is 4.17. The van der Waals surface area contributed by atoms with E-state index in [0.29, 0.717) is 5.92 Å². The second-order valence-corrected chi connectivity index (χ2v) is 4.17. The Kier molecular flexibility index (Phi) is 3.34. The quantitative estimate of drug-likeness (QED) is 0.778. The van der Waals surface area contributed by atoms with Crippen LogP contribution in [0.3, 0.4) is 0 Å². The van der Waals surface area contributed by atoms with Crippen LogP contribution in [0.2, 0.25) is 0 Å². The van der Waals surface area contributed by atoms with E-state index in [4.69, 9.17) is 5.73 Å². The normalized spacial score (nSPS) is 20.1. The lowest BCUT2D eigenvalue weighted by atomic mass is 9.86. The maximum Gasteiger partial charge on any atom is 0.123 e. The highest BCUT2D eigenvalue weighted by molar-refractivity contribution is 5.20. The lowest BCUT2D eigenvalue weighted by Crippen LogP contribution is -2.33. The van der Waals surface area contributed by atoms with Crippen LogP contribution < -0.4 is 11.1 Å². The Morgan fingerprint density at radius 3 is 2.73 bits per heavy atom. The lowest BCUT2D eigenvalue weighted by molar-refractivity contribution is 0.321. The summed E-state index contributed by atoms with van der Waals surface area (Å²) in [5.74, 6) is 0.282. The molecule has 1 aliphatic rings. The van der Waals surface area contributed by atoms with Crippen LogP contribution in [0.1, 0.15) is 24.4 Å². The van der Waals surface area contributed by atoms with E-state index in [2.05, 4.69) is 5.32 Å². The topological polar surface area (TPSA) is 38.0 Å². The zero-order chi connectivity index (χ0) is 10.7. The largest absolute Gasteiger partial charge is 0.324 e. The summed E-state index contributed by atoms with van der Waals surface area (Å²) in [4.78, 5) is 0. The fourth-order valence-electron chi connectivity index (χ4n) is 2.19. The predicted molar refractivity (Wildman–Crippen MR) is 58.9 cm³/mol. The van der Waals surface area contributed by atoms with Gasteiger partial charge in [-0.2, -0.15) is 0 Å². The minimum absolute atomic E-state index is 0.0252. The van der Waals surface area contributed by atoms with Crippen LogP contribution in [-0.4, -0.2) is 13.1 Å². The number of hydrogen-bond acceptors (Lipinski definition) is 2. The van der Waals surface area contributed by atoms with Crippen LogP contribution in [-0.2, 0) is 0 Å². The monoisotopic (exact) mass is 208 g/mol. The number of hydrogen-bond donors (Lipinski definition) is 2. The standard InChI is InChI=1S/C12H17FN2/c13-11-3-1-2-10(8-11)12(14)9-4-6-15-7-5-9/h1-3,8-9,12,15H,4-7,14H2. The number of nitrogens with one attached hydrogen (secondary N) is 1. The van der Waals surface area contributed by atoms with E-state index in [9.17, 15) is 4.39 Å². The van der Waals surface area contributed by atoms with E-state index in [1.165, 1.54) is 6.07 Å². The molecule has 0 spiro atoms. The van der Waals surface area contributed by atoms with Crippen molar-refractivity contribution in [2.45, 2.75) is 18.9 Å². The second kappa shape index (κ2) is 4.73. The maximum atomic E-state index is 13.0. The van der Waals surface area contributed by atoms with Crippen LogP contribution >= 0.6 is 0 Å². The highest BCUT2D eigenvalue weighted by atomic mass is 19.1. The van der Waals surface area contributed by atoms with Crippen LogP contribution in [0.5, 0.6) is 0 Å². The van der Waals surface area contributed by atoms with Gasteiger partial charge in [0.1, 0.15) is 5.82 Å². The molecule has 0 aliphatic carbocycles. The smallest absolute Gasteiger partial charge is 0.123 e.